The lowest BCUT2D eigenvalue weighted by molar-refractivity contribution is -0.103. The van der Waals surface area contributed by atoms with Gasteiger partial charge in [0.1, 0.15) is 18.6 Å². The number of sulfone groups is 1. The second-order valence-corrected chi connectivity index (χ2v) is 8.50. The van der Waals surface area contributed by atoms with Crippen molar-refractivity contribution >= 4 is 21.7 Å². The number of carbonyl (C=O) groups excluding carboxylic acids is 1. The highest BCUT2D eigenvalue weighted by atomic mass is 32.2. The largest absolute Gasteiger partial charge is 0.298 e. The van der Waals surface area contributed by atoms with Crippen LogP contribution in [0.4, 0.5) is 8.78 Å². The Morgan fingerprint density at radius 1 is 1.04 bits per heavy atom. The van der Waals surface area contributed by atoms with Crippen LogP contribution < -0.4 is 0 Å². The molecule has 1 aromatic carbocycles. The summed E-state index contributed by atoms with van der Waals surface area (Å²) in [5, 5.41) is -0.282. The van der Waals surface area contributed by atoms with Gasteiger partial charge in [-0.3, -0.25) is 4.79 Å². The summed E-state index contributed by atoms with van der Waals surface area (Å²) in [6.45, 7) is 0. The fraction of sp³-hybridized carbons (Fsp3) is 0.471. The van der Waals surface area contributed by atoms with Gasteiger partial charge in [-0.25, -0.2) is 17.2 Å². The number of benzene rings is 1. The zero-order valence-electron chi connectivity index (χ0n) is 12.5. The van der Waals surface area contributed by atoms with Crippen molar-refractivity contribution in [3.63, 3.8) is 0 Å². The lowest BCUT2D eigenvalue weighted by atomic mass is 9.99. The van der Waals surface area contributed by atoms with Gasteiger partial charge in [0, 0.05) is 5.57 Å². The second-order valence-electron chi connectivity index (χ2n) is 6.27. The number of carbonyl (C=O) groups is 1. The van der Waals surface area contributed by atoms with E-state index in [0.29, 0.717) is 30.3 Å². The molecule has 124 valence electrons. The first-order chi connectivity index (χ1) is 10.9. The van der Waals surface area contributed by atoms with Crippen LogP contribution in [-0.4, -0.2) is 32.3 Å². The third-order valence-electron chi connectivity index (χ3n) is 4.47. The molecule has 3 atom stereocenters. The Hall–Kier alpha value is -1.56. The second kappa shape index (κ2) is 6.15. The van der Waals surface area contributed by atoms with Gasteiger partial charge in [0.05, 0.1) is 10.1 Å². The van der Waals surface area contributed by atoms with E-state index in [9.17, 15) is 22.0 Å². The number of hydrogen-bond acceptors (Lipinski definition) is 3. The molecule has 0 aromatic heterocycles. The fourth-order valence-corrected chi connectivity index (χ4v) is 4.63. The molecule has 0 saturated heterocycles. The monoisotopic (exact) mass is 340 g/mol. The number of alkyl halides is 2. The van der Waals surface area contributed by atoms with E-state index in [1.807, 2.05) is 0 Å². The molecule has 0 radical (unpaired) electrons. The maximum Gasteiger partial charge on any atom is 0.181 e. The van der Waals surface area contributed by atoms with E-state index in [4.69, 9.17) is 0 Å². The highest BCUT2D eigenvalue weighted by Crippen LogP contribution is 2.35. The van der Waals surface area contributed by atoms with Gasteiger partial charge in [0.2, 0.25) is 0 Å². The lowest BCUT2D eigenvalue weighted by Gasteiger charge is -2.07. The molecule has 0 amide bonds. The van der Waals surface area contributed by atoms with Crippen molar-refractivity contribution in [3.8, 4) is 0 Å². The summed E-state index contributed by atoms with van der Waals surface area (Å²) < 4.78 is 50.7. The molecule has 3 rings (SSSR count). The molecule has 2 aliphatic carbocycles. The Labute approximate surface area is 134 Å². The van der Waals surface area contributed by atoms with Crippen LogP contribution in [0.2, 0.25) is 0 Å². The van der Waals surface area contributed by atoms with Gasteiger partial charge in [-0.15, -0.1) is 0 Å². The molecule has 6 heteroatoms. The summed E-state index contributed by atoms with van der Waals surface area (Å²) in [6.07, 6.45) is 0.817. The normalized spacial score (nSPS) is 28.8. The molecular formula is C17H18F2O3S. The van der Waals surface area contributed by atoms with Crippen molar-refractivity contribution in [3.05, 3.63) is 35.9 Å². The van der Waals surface area contributed by atoms with Crippen molar-refractivity contribution in [2.45, 2.75) is 48.2 Å². The number of hydrogen-bond donors (Lipinski definition) is 0. The fourth-order valence-electron chi connectivity index (χ4n) is 2.97. The smallest absolute Gasteiger partial charge is 0.181 e. The quantitative estimate of drug-likeness (QED) is 0.610. The molecule has 1 aromatic rings. The molecule has 0 aliphatic heterocycles. The van der Waals surface area contributed by atoms with Crippen LogP contribution in [-0.2, 0) is 14.6 Å². The predicted molar refractivity (Wildman–Crippen MR) is 83.2 cm³/mol. The van der Waals surface area contributed by atoms with E-state index in [0.717, 1.165) is 0 Å². The maximum atomic E-state index is 13.2. The summed E-state index contributed by atoms with van der Waals surface area (Å²) >= 11 is 0. The number of aldehydes is 1. The Kier molecular flexibility index (Phi) is 4.36. The minimum atomic E-state index is -3.26. The zero-order chi connectivity index (χ0) is 16.6. The summed E-state index contributed by atoms with van der Waals surface area (Å²) in [5.41, 5.74) is 0.902. The average molecular weight is 340 g/mol. The first-order valence-electron chi connectivity index (χ1n) is 7.71. The first-order valence-corrected chi connectivity index (χ1v) is 9.26. The van der Waals surface area contributed by atoms with Gasteiger partial charge in [-0.1, -0.05) is 18.2 Å². The molecule has 0 N–H and O–H groups in total. The summed E-state index contributed by atoms with van der Waals surface area (Å²) in [7, 11) is -3.26. The van der Waals surface area contributed by atoms with Crippen LogP contribution in [0.3, 0.4) is 0 Å². The van der Waals surface area contributed by atoms with Gasteiger partial charge in [0.25, 0.3) is 0 Å². The van der Waals surface area contributed by atoms with Crippen molar-refractivity contribution in [2.75, 3.05) is 0 Å². The minimum absolute atomic E-state index is 0.0760. The third kappa shape index (κ3) is 3.37. The Bertz CT molecular complexity index is 711. The van der Waals surface area contributed by atoms with Gasteiger partial charge in [-0.2, -0.15) is 0 Å². The van der Waals surface area contributed by atoms with E-state index >= 15 is 0 Å². The first kappa shape index (κ1) is 16.3. The molecule has 0 spiro atoms. The summed E-state index contributed by atoms with van der Waals surface area (Å²) in [5.74, 6) is -0.310. The molecule has 2 aliphatic rings. The minimum Gasteiger partial charge on any atom is -0.298 e. The standard InChI is InChI=1S/C17H18F2O3S/c18-16-8-11(9-17(16)19)7-13(10-20)12-1-3-14(4-2-12)23(21,22)15-5-6-15/h1-4,7,10-11,15-17H,5-6,8-9H2/b13-7-/t11-,16+,17-. The SMILES string of the molecule is O=C/C(=C/[C@H]1C[C@@H](F)[C@@H](F)C1)c1ccc(S(=O)(=O)C2CC2)cc1. The third-order valence-corrected chi connectivity index (χ3v) is 6.75. The molecule has 0 unspecified atom stereocenters. The summed E-state index contributed by atoms with van der Waals surface area (Å²) in [6, 6.07) is 6.13. The average Bonchev–Trinajstić information content (AvgIpc) is 3.33. The van der Waals surface area contributed by atoms with Crippen molar-refractivity contribution < 1.29 is 22.0 Å². The Morgan fingerprint density at radius 2 is 1.61 bits per heavy atom. The molecule has 0 bridgehead atoms. The van der Waals surface area contributed by atoms with E-state index in [2.05, 4.69) is 0 Å². The predicted octanol–water partition coefficient (Wildman–Crippen LogP) is 3.29. The molecular weight excluding hydrogens is 322 g/mol. The van der Waals surface area contributed by atoms with E-state index in [1.165, 1.54) is 12.1 Å². The van der Waals surface area contributed by atoms with Crippen LogP contribution in [0.15, 0.2) is 35.2 Å². The summed E-state index contributed by atoms with van der Waals surface area (Å²) in [4.78, 5) is 11.5. The zero-order valence-corrected chi connectivity index (χ0v) is 13.3. The van der Waals surface area contributed by atoms with E-state index < -0.39 is 22.2 Å². The molecule has 2 saturated carbocycles. The Morgan fingerprint density at radius 3 is 2.09 bits per heavy atom. The van der Waals surface area contributed by atoms with Gasteiger partial charge in [0.15, 0.2) is 9.84 Å². The van der Waals surface area contributed by atoms with Crippen LogP contribution in [0, 0.1) is 5.92 Å². The number of allylic oxidation sites excluding steroid dienone is 2. The van der Waals surface area contributed by atoms with Crippen molar-refractivity contribution in [2.24, 2.45) is 5.92 Å². The lowest BCUT2D eigenvalue weighted by Crippen LogP contribution is -2.07. The molecule has 23 heavy (non-hydrogen) atoms. The van der Waals surface area contributed by atoms with Crippen LogP contribution in [0.5, 0.6) is 0 Å². The van der Waals surface area contributed by atoms with Crippen LogP contribution in [0.25, 0.3) is 5.57 Å². The maximum absolute atomic E-state index is 13.2. The van der Waals surface area contributed by atoms with Crippen LogP contribution >= 0.6 is 0 Å². The van der Waals surface area contributed by atoms with Crippen molar-refractivity contribution in [1.82, 2.24) is 0 Å². The number of rotatable bonds is 5. The highest BCUT2D eigenvalue weighted by Gasteiger charge is 2.37. The number of halogens is 2. The molecule has 3 nitrogen and oxygen atoms in total. The van der Waals surface area contributed by atoms with E-state index in [1.54, 1.807) is 18.2 Å². The van der Waals surface area contributed by atoms with Gasteiger partial charge < -0.3 is 0 Å². The van der Waals surface area contributed by atoms with Crippen molar-refractivity contribution in [1.29, 1.82) is 0 Å². The Balaban J connectivity index is 1.81. The van der Waals surface area contributed by atoms with E-state index in [-0.39, 0.29) is 28.9 Å². The van der Waals surface area contributed by atoms with Gasteiger partial charge >= 0.3 is 0 Å². The molecule has 2 fully saturated rings. The highest BCUT2D eigenvalue weighted by molar-refractivity contribution is 7.92. The molecule has 0 heterocycles. The van der Waals surface area contributed by atoms with Crippen LogP contribution in [0.1, 0.15) is 31.2 Å². The van der Waals surface area contributed by atoms with Gasteiger partial charge in [-0.05, 0) is 49.3 Å². The topological polar surface area (TPSA) is 51.2 Å².